The number of fused-ring (bicyclic) bond motifs is 2. The van der Waals surface area contributed by atoms with Gasteiger partial charge in [-0.1, -0.05) is 18.6 Å². The first kappa shape index (κ1) is 19.4. The molecule has 0 bridgehead atoms. The van der Waals surface area contributed by atoms with Gasteiger partial charge in [0.25, 0.3) is 5.95 Å². The molecule has 2 aromatic heterocycles. The van der Waals surface area contributed by atoms with E-state index in [-0.39, 0.29) is 23.0 Å². The maximum atomic E-state index is 13.0. The molecule has 1 aliphatic rings. The molecule has 0 aliphatic carbocycles. The zero-order chi connectivity index (χ0) is 20.8. The van der Waals surface area contributed by atoms with Crippen LogP contribution >= 0.6 is 0 Å². The van der Waals surface area contributed by atoms with Crippen molar-refractivity contribution in [1.29, 1.82) is 0 Å². The molecule has 0 unspecified atom stereocenters. The van der Waals surface area contributed by atoms with Gasteiger partial charge in [0.15, 0.2) is 5.43 Å². The van der Waals surface area contributed by atoms with Gasteiger partial charge in [0, 0.05) is 18.4 Å². The van der Waals surface area contributed by atoms with Gasteiger partial charge in [0.2, 0.25) is 0 Å². The zero-order valence-corrected chi connectivity index (χ0v) is 17.2. The molecule has 2 atom stereocenters. The van der Waals surface area contributed by atoms with Crippen LogP contribution in [0.1, 0.15) is 56.4 Å². The Hall–Kier alpha value is -2.95. The summed E-state index contributed by atoms with van der Waals surface area (Å²) < 4.78 is 17.5. The molecule has 5 heteroatoms. The lowest BCUT2D eigenvalue weighted by atomic mass is 9.83. The highest BCUT2D eigenvalue weighted by Crippen LogP contribution is 2.46. The third-order valence-corrected chi connectivity index (χ3v) is 5.92. The molecule has 29 heavy (non-hydrogen) atoms. The zero-order valence-electron chi connectivity index (χ0n) is 17.2. The van der Waals surface area contributed by atoms with Crippen LogP contribution in [-0.2, 0) is 6.42 Å². The van der Waals surface area contributed by atoms with E-state index < -0.39 is 5.60 Å². The molecule has 1 aliphatic heterocycles. The van der Waals surface area contributed by atoms with Crippen molar-refractivity contribution in [3.05, 3.63) is 69.3 Å². The second-order valence-corrected chi connectivity index (χ2v) is 8.31. The smallest absolute Gasteiger partial charge is 0.293 e. The van der Waals surface area contributed by atoms with Crippen molar-refractivity contribution in [3.8, 4) is 11.7 Å². The Morgan fingerprint density at radius 3 is 2.83 bits per heavy atom. The highest BCUT2D eigenvalue weighted by Gasteiger charge is 2.45. The number of phenols is 1. The largest absolute Gasteiger partial charge is 0.508 e. The van der Waals surface area contributed by atoms with E-state index in [0.717, 1.165) is 30.6 Å². The highest BCUT2D eigenvalue weighted by molar-refractivity contribution is 5.79. The molecule has 4 rings (SSSR count). The SMILES string of the molecule is CC(=CCC[C@]1(C)Oc2oc3cc(O)ccc3c(=O)c2[C@H]1C)Cc1cc(C)co1. The summed E-state index contributed by atoms with van der Waals surface area (Å²) in [7, 11) is 0. The van der Waals surface area contributed by atoms with E-state index in [9.17, 15) is 9.90 Å². The second kappa shape index (κ2) is 7.14. The molecular formula is C24H26O5. The quantitative estimate of drug-likeness (QED) is 0.568. The Kier molecular flexibility index (Phi) is 4.77. The van der Waals surface area contributed by atoms with Gasteiger partial charge in [0.05, 0.1) is 17.2 Å². The van der Waals surface area contributed by atoms with Gasteiger partial charge < -0.3 is 18.7 Å². The number of rotatable bonds is 5. The lowest BCUT2D eigenvalue weighted by molar-refractivity contribution is 0.0638. The molecule has 5 nitrogen and oxygen atoms in total. The third kappa shape index (κ3) is 3.57. The van der Waals surface area contributed by atoms with E-state index in [2.05, 4.69) is 19.1 Å². The average molecular weight is 394 g/mol. The summed E-state index contributed by atoms with van der Waals surface area (Å²) in [6, 6.07) is 6.60. The number of allylic oxidation sites excluding steroid dienone is 2. The number of benzene rings is 1. The van der Waals surface area contributed by atoms with Crippen molar-refractivity contribution in [2.24, 2.45) is 0 Å². The van der Waals surface area contributed by atoms with Crippen molar-refractivity contribution in [2.45, 2.75) is 58.5 Å². The van der Waals surface area contributed by atoms with E-state index in [1.807, 2.05) is 20.8 Å². The number of ether oxygens (including phenoxy) is 1. The summed E-state index contributed by atoms with van der Waals surface area (Å²) in [5.41, 5.74) is 2.68. The fourth-order valence-corrected chi connectivity index (χ4v) is 4.03. The van der Waals surface area contributed by atoms with Crippen LogP contribution in [0, 0.1) is 6.92 Å². The number of hydrogen-bond donors (Lipinski definition) is 1. The number of phenolic OH excluding ortho intramolecular Hbond substituents is 1. The van der Waals surface area contributed by atoms with Gasteiger partial charge in [-0.15, -0.1) is 0 Å². The summed E-state index contributed by atoms with van der Waals surface area (Å²) in [6.07, 6.45) is 6.34. The van der Waals surface area contributed by atoms with Crippen LogP contribution < -0.4 is 10.2 Å². The first-order valence-corrected chi connectivity index (χ1v) is 9.95. The van der Waals surface area contributed by atoms with Crippen LogP contribution in [0.25, 0.3) is 11.0 Å². The van der Waals surface area contributed by atoms with Gasteiger partial charge >= 0.3 is 0 Å². The Morgan fingerprint density at radius 1 is 1.31 bits per heavy atom. The lowest BCUT2D eigenvalue weighted by Gasteiger charge is -2.27. The van der Waals surface area contributed by atoms with E-state index in [4.69, 9.17) is 13.6 Å². The number of aromatic hydroxyl groups is 1. The predicted octanol–water partition coefficient (Wildman–Crippen LogP) is 5.62. The standard InChI is InChI=1S/C24H26O5/c1-14(10-18-11-15(2)13-27-18)6-5-9-24(4)16(3)21-22(26)19-8-7-17(25)12-20(19)28-23(21)29-24/h6-8,11-13,16,25H,5,9-10H2,1-4H3/t16-,24+/m1/s1. The topological polar surface area (TPSA) is 72.8 Å². The maximum Gasteiger partial charge on any atom is 0.293 e. The van der Waals surface area contributed by atoms with E-state index >= 15 is 0 Å². The van der Waals surface area contributed by atoms with Crippen molar-refractivity contribution in [2.75, 3.05) is 0 Å². The second-order valence-electron chi connectivity index (χ2n) is 8.31. The fraction of sp³-hybridized carbons (Fsp3) is 0.375. The van der Waals surface area contributed by atoms with Crippen molar-refractivity contribution in [3.63, 3.8) is 0 Å². The summed E-state index contributed by atoms with van der Waals surface area (Å²) in [4.78, 5) is 13.0. The van der Waals surface area contributed by atoms with Gasteiger partial charge in [-0.25, -0.2) is 0 Å². The number of aryl methyl sites for hydroxylation is 1. The Labute approximate surface area is 169 Å². The number of hydrogen-bond acceptors (Lipinski definition) is 5. The molecule has 1 aromatic carbocycles. The van der Waals surface area contributed by atoms with Crippen LogP contribution in [0.15, 0.2) is 55.8 Å². The van der Waals surface area contributed by atoms with Gasteiger partial charge in [-0.2, -0.15) is 0 Å². The summed E-state index contributed by atoms with van der Waals surface area (Å²) in [5.74, 6) is 1.20. The summed E-state index contributed by atoms with van der Waals surface area (Å²) in [5, 5.41) is 10.1. The molecule has 0 saturated heterocycles. The van der Waals surface area contributed by atoms with Crippen molar-refractivity contribution < 1.29 is 18.7 Å². The molecule has 0 spiro atoms. The molecule has 0 amide bonds. The normalized spacial score (nSPS) is 21.4. The maximum absolute atomic E-state index is 13.0. The molecule has 0 radical (unpaired) electrons. The predicted molar refractivity (Wildman–Crippen MR) is 112 cm³/mol. The molecule has 3 heterocycles. The van der Waals surface area contributed by atoms with Crippen LogP contribution in [0.4, 0.5) is 0 Å². The minimum absolute atomic E-state index is 0.0572. The van der Waals surface area contributed by atoms with Crippen LogP contribution in [0.5, 0.6) is 11.7 Å². The van der Waals surface area contributed by atoms with Crippen molar-refractivity contribution >= 4 is 11.0 Å². The number of furan rings is 1. The fourth-order valence-electron chi connectivity index (χ4n) is 4.03. The molecular weight excluding hydrogens is 368 g/mol. The Balaban J connectivity index is 1.52. The van der Waals surface area contributed by atoms with Gasteiger partial charge in [0.1, 0.15) is 22.7 Å². The highest BCUT2D eigenvalue weighted by atomic mass is 16.6. The molecule has 152 valence electrons. The van der Waals surface area contributed by atoms with Crippen molar-refractivity contribution in [1.82, 2.24) is 0 Å². The first-order chi connectivity index (χ1) is 13.8. The van der Waals surface area contributed by atoms with Crippen LogP contribution in [-0.4, -0.2) is 10.7 Å². The third-order valence-electron chi connectivity index (χ3n) is 5.92. The van der Waals surface area contributed by atoms with Crippen LogP contribution in [0.3, 0.4) is 0 Å². The molecule has 0 saturated carbocycles. The minimum Gasteiger partial charge on any atom is -0.508 e. The monoisotopic (exact) mass is 394 g/mol. The molecule has 1 N–H and O–H groups in total. The summed E-state index contributed by atoms with van der Waals surface area (Å²) >= 11 is 0. The van der Waals surface area contributed by atoms with E-state index in [1.165, 1.54) is 17.7 Å². The molecule has 0 fully saturated rings. The lowest BCUT2D eigenvalue weighted by Crippen LogP contribution is -2.33. The Morgan fingerprint density at radius 2 is 2.10 bits per heavy atom. The van der Waals surface area contributed by atoms with Crippen LogP contribution in [0.2, 0.25) is 0 Å². The molecule has 3 aromatic rings. The van der Waals surface area contributed by atoms with Gasteiger partial charge in [-0.05, 0) is 57.4 Å². The summed E-state index contributed by atoms with van der Waals surface area (Å²) in [6.45, 7) is 8.15. The van der Waals surface area contributed by atoms with E-state index in [0.29, 0.717) is 16.5 Å². The minimum atomic E-state index is -0.525. The van der Waals surface area contributed by atoms with E-state index in [1.54, 1.807) is 12.3 Å². The van der Waals surface area contributed by atoms with Gasteiger partial charge in [-0.3, -0.25) is 4.79 Å². The average Bonchev–Trinajstić information content (AvgIpc) is 3.16. The Bertz CT molecular complexity index is 1150. The first-order valence-electron chi connectivity index (χ1n) is 9.95.